The molecule has 3 rings (SSSR count). The minimum absolute atomic E-state index is 0.0737. The van der Waals surface area contributed by atoms with E-state index in [1.807, 2.05) is 6.08 Å². The molecule has 0 spiro atoms. The maximum atomic E-state index is 14.6. The molecule has 0 atom stereocenters. The highest BCUT2D eigenvalue weighted by molar-refractivity contribution is 5.92. The summed E-state index contributed by atoms with van der Waals surface area (Å²) in [6, 6.07) is 4.25. The second kappa shape index (κ2) is 10.4. The van der Waals surface area contributed by atoms with Gasteiger partial charge in [-0.1, -0.05) is 12.1 Å². The van der Waals surface area contributed by atoms with E-state index in [4.69, 9.17) is 18.6 Å². The van der Waals surface area contributed by atoms with E-state index in [0.717, 1.165) is 38.5 Å². The molecule has 1 fully saturated rings. The summed E-state index contributed by atoms with van der Waals surface area (Å²) in [4.78, 5) is 24.8. The molecule has 6 nitrogen and oxygen atoms in total. The summed E-state index contributed by atoms with van der Waals surface area (Å²) >= 11 is 0. The Morgan fingerprint density at radius 2 is 2.03 bits per heavy atom. The molecule has 162 valence electrons. The SMILES string of the molecule is C=CCCC1CCC(OC(=O)c2cc3ccc(OCCOC)c(F)c3c(=O)o2)CC1. The summed E-state index contributed by atoms with van der Waals surface area (Å²) in [6.45, 7) is 4.18. The molecule has 30 heavy (non-hydrogen) atoms. The molecular formula is C23H27FO6. The highest BCUT2D eigenvalue weighted by Crippen LogP contribution is 2.30. The number of methoxy groups -OCH3 is 1. The number of fused-ring (bicyclic) bond motifs is 1. The van der Waals surface area contributed by atoms with Crippen molar-refractivity contribution in [3.63, 3.8) is 0 Å². The highest BCUT2D eigenvalue weighted by atomic mass is 19.1. The molecule has 1 aliphatic rings. The van der Waals surface area contributed by atoms with Gasteiger partial charge in [0.15, 0.2) is 11.6 Å². The van der Waals surface area contributed by atoms with Crippen LogP contribution in [0.15, 0.2) is 40.1 Å². The fourth-order valence-corrected chi connectivity index (χ4v) is 3.77. The Bertz CT molecular complexity index is 943. The van der Waals surface area contributed by atoms with Crippen LogP contribution in [0.5, 0.6) is 5.75 Å². The molecule has 1 aliphatic carbocycles. The minimum atomic E-state index is -0.942. The normalized spacial score (nSPS) is 18.9. The molecule has 1 aromatic heterocycles. The molecule has 0 aliphatic heterocycles. The van der Waals surface area contributed by atoms with E-state index < -0.39 is 17.4 Å². The average Bonchev–Trinajstić information content (AvgIpc) is 2.74. The van der Waals surface area contributed by atoms with Gasteiger partial charge in [-0.3, -0.25) is 0 Å². The van der Waals surface area contributed by atoms with Crippen LogP contribution in [0.4, 0.5) is 4.39 Å². The van der Waals surface area contributed by atoms with E-state index in [1.165, 1.54) is 25.3 Å². The molecule has 0 amide bonds. The number of halogens is 1. The van der Waals surface area contributed by atoms with Crippen molar-refractivity contribution in [2.75, 3.05) is 20.3 Å². The largest absolute Gasteiger partial charge is 0.488 e. The first-order chi connectivity index (χ1) is 14.5. The van der Waals surface area contributed by atoms with E-state index in [1.54, 1.807) is 0 Å². The lowest BCUT2D eigenvalue weighted by Gasteiger charge is -2.27. The topological polar surface area (TPSA) is 75.0 Å². The Morgan fingerprint density at radius 3 is 2.73 bits per heavy atom. The molecule has 1 saturated carbocycles. The van der Waals surface area contributed by atoms with Crippen LogP contribution < -0.4 is 10.4 Å². The maximum Gasteiger partial charge on any atom is 0.374 e. The monoisotopic (exact) mass is 418 g/mol. The minimum Gasteiger partial charge on any atom is -0.488 e. The summed E-state index contributed by atoms with van der Waals surface area (Å²) in [6.07, 6.45) is 7.36. The van der Waals surface area contributed by atoms with Crippen molar-refractivity contribution in [2.24, 2.45) is 5.92 Å². The van der Waals surface area contributed by atoms with Gasteiger partial charge in [-0.05, 0) is 62.0 Å². The quantitative estimate of drug-likeness (QED) is 0.336. The van der Waals surface area contributed by atoms with Crippen molar-refractivity contribution >= 4 is 16.7 Å². The Labute approximate surface area is 174 Å². The number of allylic oxidation sites excluding steroid dienone is 1. The Hall–Kier alpha value is -2.67. The summed E-state index contributed by atoms with van der Waals surface area (Å²) in [7, 11) is 1.50. The Morgan fingerprint density at radius 1 is 1.27 bits per heavy atom. The Balaban J connectivity index is 1.69. The first-order valence-corrected chi connectivity index (χ1v) is 10.2. The van der Waals surface area contributed by atoms with Crippen molar-refractivity contribution in [1.29, 1.82) is 0 Å². The number of hydrogen-bond acceptors (Lipinski definition) is 6. The van der Waals surface area contributed by atoms with Crippen LogP contribution in [0.25, 0.3) is 10.8 Å². The van der Waals surface area contributed by atoms with Crippen LogP contribution in [0.1, 0.15) is 49.1 Å². The van der Waals surface area contributed by atoms with E-state index in [-0.39, 0.29) is 41.6 Å². The third-order valence-corrected chi connectivity index (χ3v) is 5.42. The summed E-state index contributed by atoms with van der Waals surface area (Å²) < 4.78 is 35.4. The van der Waals surface area contributed by atoms with Crippen LogP contribution in [-0.4, -0.2) is 32.4 Å². The third kappa shape index (κ3) is 5.27. The van der Waals surface area contributed by atoms with Crippen LogP contribution in [0.3, 0.4) is 0 Å². The molecule has 7 heteroatoms. The molecule has 0 radical (unpaired) electrons. The number of carbonyl (C=O) groups is 1. The number of carbonyl (C=O) groups excluding carboxylic acids is 1. The van der Waals surface area contributed by atoms with Gasteiger partial charge in [0.05, 0.1) is 6.61 Å². The van der Waals surface area contributed by atoms with Crippen LogP contribution in [0, 0.1) is 11.7 Å². The van der Waals surface area contributed by atoms with Crippen LogP contribution in [0.2, 0.25) is 0 Å². The standard InChI is InChI=1S/C23H27FO6/c1-3-4-5-15-6-9-17(10-7-15)29-22(25)19-14-16-8-11-18(28-13-12-27-2)21(24)20(16)23(26)30-19/h3,8,11,14-15,17H,1,4-7,9-10,12-13H2,2H3. The highest BCUT2D eigenvalue weighted by Gasteiger charge is 2.26. The smallest absolute Gasteiger partial charge is 0.374 e. The third-order valence-electron chi connectivity index (χ3n) is 5.42. The van der Waals surface area contributed by atoms with E-state index >= 15 is 0 Å². The number of benzene rings is 1. The van der Waals surface area contributed by atoms with Crippen molar-refractivity contribution in [3.8, 4) is 5.75 Å². The fourth-order valence-electron chi connectivity index (χ4n) is 3.77. The summed E-state index contributed by atoms with van der Waals surface area (Å²) in [5, 5.41) is -0.00730. The number of ether oxygens (including phenoxy) is 3. The van der Waals surface area contributed by atoms with Gasteiger partial charge in [0.2, 0.25) is 5.76 Å². The van der Waals surface area contributed by atoms with Crippen LogP contribution >= 0.6 is 0 Å². The van der Waals surface area contributed by atoms with Crippen LogP contribution in [-0.2, 0) is 9.47 Å². The van der Waals surface area contributed by atoms with Gasteiger partial charge in [0.25, 0.3) is 0 Å². The molecule has 0 unspecified atom stereocenters. The predicted molar refractivity (Wildman–Crippen MR) is 110 cm³/mol. The zero-order valence-electron chi connectivity index (χ0n) is 17.2. The van der Waals surface area contributed by atoms with Gasteiger partial charge in [0.1, 0.15) is 18.1 Å². The average molecular weight is 418 g/mol. The lowest BCUT2D eigenvalue weighted by molar-refractivity contribution is 0.0126. The predicted octanol–water partition coefficient (Wildman–Crippen LogP) is 4.64. The zero-order chi connectivity index (χ0) is 21.5. The molecular weight excluding hydrogens is 391 g/mol. The van der Waals surface area contributed by atoms with Gasteiger partial charge in [-0.2, -0.15) is 0 Å². The lowest BCUT2D eigenvalue weighted by Crippen LogP contribution is -2.25. The molecule has 0 N–H and O–H groups in total. The first-order valence-electron chi connectivity index (χ1n) is 10.2. The van der Waals surface area contributed by atoms with E-state index in [2.05, 4.69) is 6.58 Å². The van der Waals surface area contributed by atoms with Gasteiger partial charge in [-0.25, -0.2) is 14.0 Å². The van der Waals surface area contributed by atoms with E-state index in [9.17, 15) is 14.0 Å². The fraction of sp³-hybridized carbons (Fsp3) is 0.478. The lowest BCUT2D eigenvalue weighted by atomic mass is 9.84. The molecule has 2 aromatic rings. The van der Waals surface area contributed by atoms with Gasteiger partial charge < -0.3 is 18.6 Å². The summed E-state index contributed by atoms with van der Waals surface area (Å²) in [5.41, 5.74) is -0.942. The van der Waals surface area contributed by atoms with Gasteiger partial charge in [-0.15, -0.1) is 6.58 Å². The number of hydrogen-bond donors (Lipinski definition) is 0. The van der Waals surface area contributed by atoms with E-state index in [0.29, 0.717) is 5.92 Å². The maximum absolute atomic E-state index is 14.6. The van der Waals surface area contributed by atoms with Crippen molar-refractivity contribution in [3.05, 3.63) is 52.9 Å². The van der Waals surface area contributed by atoms with Crippen molar-refractivity contribution < 1.29 is 27.8 Å². The molecule has 0 bridgehead atoms. The zero-order valence-corrected chi connectivity index (χ0v) is 17.2. The molecule has 1 heterocycles. The van der Waals surface area contributed by atoms with Gasteiger partial charge >= 0.3 is 11.6 Å². The van der Waals surface area contributed by atoms with Crippen molar-refractivity contribution in [2.45, 2.75) is 44.6 Å². The second-order valence-corrected chi connectivity index (χ2v) is 7.50. The number of esters is 1. The first kappa shape index (κ1) is 22.0. The number of rotatable bonds is 9. The molecule has 0 saturated heterocycles. The second-order valence-electron chi connectivity index (χ2n) is 7.50. The molecule has 1 aromatic carbocycles. The van der Waals surface area contributed by atoms with Crippen molar-refractivity contribution in [1.82, 2.24) is 0 Å². The Kier molecular flexibility index (Phi) is 7.63. The summed E-state index contributed by atoms with van der Waals surface area (Å²) in [5.74, 6) is -1.21. The van der Waals surface area contributed by atoms with Gasteiger partial charge in [0, 0.05) is 7.11 Å².